The number of hydrogen-bond donors (Lipinski definition) is 1. The van der Waals surface area contributed by atoms with E-state index in [-0.39, 0.29) is 17.5 Å². The van der Waals surface area contributed by atoms with Crippen LogP contribution in [-0.4, -0.2) is 34.2 Å². The summed E-state index contributed by atoms with van der Waals surface area (Å²) in [5, 5.41) is 13.8. The first-order valence-corrected chi connectivity index (χ1v) is 9.77. The van der Waals surface area contributed by atoms with Crippen LogP contribution in [0.15, 0.2) is 53.0 Å². The van der Waals surface area contributed by atoms with E-state index >= 15 is 0 Å². The van der Waals surface area contributed by atoms with Crippen LogP contribution in [0.1, 0.15) is 41.7 Å². The van der Waals surface area contributed by atoms with Crippen LogP contribution in [0, 0.1) is 10.1 Å². The second-order valence-corrected chi connectivity index (χ2v) is 7.66. The predicted octanol–water partition coefficient (Wildman–Crippen LogP) is 3.84. The molecule has 8 heteroatoms. The monoisotopic (exact) mass is 445 g/mol. The number of likely N-dealkylation sites (tertiary alicyclic amines) is 1. The molecule has 2 amide bonds. The average Bonchev–Trinajstić information content (AvgIpc) is 3.18. The van der Waals surface area contributed by atoms with Crippen LogP contribution in [0.5, 0.6) is 0 Å². The zero-order valence-corrected chi connectivity index (χ0v) is 16.9. The average molecular weight is 446 g/mol. The summed E-state index contributed by atoms with van der Waals surface area (Å²) < 4.78 is 0.880. The van der Waals surface area contributed by atoms with Gasteiger partial charge in [-0.3, -0.25) is 19.7 Å². The highest BCUT2D eigenvalue weighted by Crippen LogP contribution is 2.23. The Balaban J connectivity index is 1.70. The fraction of sp³-hybridized carbons (Fsp3) is 0.300. The molecule has 7 nitrogen and oxygen atoms in total. The molecule has 2 aromatic rings. The Morgan fingerprint density at radius 1 is 1.25 bits per heavy atom. The highest BCUT2D eigenvalue weighted by Gasteiger charge is 2.35. The Morgan fingerprint density at radius 2 is 1.96 bits per heavy atom. The quantitative estimate of drug-likeness (QED) is 0.558. The first-order valence-electron chi connectivity index (χ1n) is 8.98. The number of nitro groups is 1. The first kappa shape index (κ1) is 20.0. The van der Waals surface area contributed by atoms with Gasteiger partial charge in [-0.2, -0.15) is 0 Å². The predicted molar refractivity (Wildman–Crippen MR) is 108 cm³/mol. The molecule has 2 unspecified atom stereocenters. The van der Waals surface area contributed by atoms with Gasteiger partial charge >= 0.3 is 0 Å². The summed E-state index contributed by atoms with van der Waals surface area (Å²) in [7, 11) is 0. The summed E-state index contributed by atoms with van der Waals surface area (Å²) in [5.74, 6) is -0.421. The number of rotatable bonds is 5. The molecule has 1 N–H and O–H groups in total. The van der Waals surface area contributed by atoms with E-state index in [9.17, 15) is 19.7 Å². The molecule has 0 spiro atoms. The number of carbonyl (C=O) groups is 2. The molecular formula is C20H20BrN3O4. The minimum absolute atomic E-state index is 0.0218. The summed E-state index contributed by atoms with van der Waals surface area (Å²) in [5.41, 5.74) is 1.16. The minimum Gasteiger partial charge on any atom is -0.348 e. The third-order valence-electron chi connectivity index (χ3n) is 4.85. The lowest BCUT2D eigenvalue weighted by atomic mass is 10.1. The number of nitrogens with zero attached hydrogens (tertiary/aromatic N) is 2. The second-order valence-electron chi connectivity index (χ2n) is 6.75. The van der Waals surface area contributed by atoms with Crippen molar-refractivity contribution in [2.45, 2.75) is 31.8 Å². The number of nitro benzene ring substituents is 1. The van der Waals surface area contributed by atoms with Gasteiger partial charge in [0.05, 0.1) is 11.0 Å². The Hall–Kier alpha value is -2.74. The molecule has 0 radical (unpaired) electrons. The van der Waals surface area contributed by atoms with E-state index < -0.39 is 17.0 Å². The Bertz CT molecular complexity index is 901. The van der Waals surface area contributed by atoms with Crippen LogP contribution < -0.4 is 5.32 Å². The second kappa shape index (κ2) is 8.52. The number of nitrogens with one attached hydrogen (secondary N) is 1. The van der Waals surface area contributed by atoms with Gasteiger partial charge in [-0.25, -0.2) is 0 Å². The van der Waals surface area contributed by atoms with Gasteiger partial charge < -0.3 is 10.2 Å². The topological polar surface area (TPSA) is 92.6 Å². The van der Waals surface area contributed by atoms with Crippen molar-refractivity contribution in [3.8, 4) is 0 Å². The van der Waals surface area contributed by atoms with Crippen molar-refractivity contribution < 1.29 is 14.5 Å². The zero-order valence-electron chi connectivity index (χ0n) is 15.3. The molecule has 1 aliphatic heterocycles. The molecule has 0 aromatic heterocycles. The van der Waals surface area contributed by atoms with Gasteiger partial charge in [-0.1, -0.05) is 28.1 Å². The maximum Gasteiger partial charge on any atom is 0.269 e. The van der Waals surface area contributed by atoms with Gasteiger partial charge in [-0.05, 0) is 49.6 Å². The number of benzene rings is 2. The summed E-state index contributed by atoms with van der Waals surface area (Å²) >= 11 is 3.35. The summed E-state index contributed by atoms with van der Waals surface area (Å²) in [6.45, 7) is 2.30. The highest BCUT2D eigenvalue weighted by molar-refractivity contribution is 9.10. The molecule has 1 fully saturated rings. The number of halogens is 1. The standard InChI is InChI=1S/C20H20BrN3O4/c1-13(15-4-2-5-17(12-15)24(27)28)22-19(25)18-6-3-11-23(18)20(26)14-7-9-16(21)10-8-14/h2,4-5,7-10,12-13,18H,3,6,11H2,1H3,(H,22,25). The van der Waals surface area contributed by atoms with Gasteiger partial charge in [-0.15, -0.1) is 0 Å². The maximum absolute atomic E-state index is 12.8. The van der Waals surface area contributed by atoms with E-state index in [1.54, 1.807) is 48.2 Å². The third kappa shape index (κ3) is 4.39. The lowest BCUT2D eigenvalue weighted by Crippen LogP contribution is -2.46. The Morgan fingerprint density at radius 3 is 2.64 bits per heavy atom. The minimum atomic E-state index is -0.544. The number of amides is 2. The fourth-order valence-electron chi connectivity index (χ4n) is 3.34. The molecule has 0 bridgehead atoms. The molecule has 28 heavy (non-hydrogen) atoms. The Labute approximate surface area is 171 Å². The van der Waals surface area contributed by atoms with Crippen molar-refractivity contribution in [3.05, 3.63) is 74.2 Å². The van der Waals surface area contributed by atoms with E-state index in [1.807, 2.05) is 0 Å². The van der Waals surface area contributed by atoms with Crippen molar-refractivity contribution in [3.63, 3.8) is 0 Å². The summed E-state index contributed by atoms with van der Waals surface area (Å²) in [4.78, 5) is 37.7. The zero-order chi connectivity index (χ0) is 20.3. The van der Waals surface area contributed by atoms with Crippen LogP contribution in [0.3, 0.4) is 0 Å². The SMILES string of the molecule is CC(NC(=O)C1CCCN1C(=O)c1ccc(Br)cc1)c1cccc([N+](=O)[O-])c1. The van der Waals surface area contributed by atoms with E-state index in [0.717, 1.165) is 10.9 Å². The van der Waals surface area contributed by atoms with Crippen LogP contribution in [0.4, 0.5) is 5.69 Å². The summed E-state index contributed by atoms with van der Waals surface area (Å²) in [6, 6.07) is 12.3. The Kier molecular flexibility index (Phi) is 6.08. The maximum atomic E-state index is 12.8. The van der Waals surface area contributed by atoms with Gasteiger partial charge in [0, 0.05) is 28.7 Å². The van der Waals surface area contributed by atoms with E-state index in [0.29, 0.717) is 24.1 Å². The van der Waals surface area contributed by atoms with E-state index in [1.165, 1.54) is 12.1 Å². The lowest BCUT2D eigenvalue weighted by molar-refractivity contribution is -0.384. The molecule has 146 valence electrons. The van der Waals surface area contributed by atoms with Crippen LogP contribution in [0.2, 0.25) is 0 Å². The van der Waals surface area contributed by atoms with Crippen LogP contribution in [-0.2, 0) is 4.79 Å². The van der Waals surface area contributed by atoms with Gasteiger partial charge in [0.1, 0.15) is 6.04 Å². The van der Waals surface area contributed by atoms with Crippen LogP contribution in [0.25, 0.3) is 0 Å². The number of hydrogen-bond acceptors (Lipinski definition) is 4. The normalized spacial score (nSPS) is 17.2. The van der Waals surface area contributed by atoms with E-state index in [4.69, 9.17) is 0 Å². The van der Waals surface area contributed by atoms with E-state index in [2.05, 4.69) is 21.2 Å². The molecule has 3 rings (SSSR count). The summed E-state index contributed by atoms with van der Waals surface area (Å²) in [6.07, 6.45) is 1.35. The van der Waals surface area contributed by atoms with Crippen molar-refractivity contribution in [2.75, 3.05) is 6.54 Å². The molecule has 2 atom stereocenters. The van der Waals surface area contributed by atoms with Crippen LogP contribution >= 0.6 is 15.9 Å². The molecule has 1 heterocycles. The third-order valence-corrected chi connectivity index (χ3v) is 5.38. The highest BCUT2D eigenvalue weighted by atomic mass is 79.9. The lowest BCUT2D eigenvalue weighted by Gasteiger charge is -2.25. The molecule has 0 aliphatic carbocycles. The fourth-order valence-corrected chi connectivity index (χ4v) is 3.61. The van der Waals surface area contributed by atoms with Crippen molar-refractivity contribution in [1.29, 1.82) is 0 Å². The largest absolute Gasteiger partial charge is 0.348 e. The molecule has 1 aliphatic rings. The molecule has 1 saturated heterocycles. The van der Waals surface area contributed by atoms with Crippen molar-refractivity contribution in [2.24, 2.45) is 0 Å². The first-order chi connectivity index (χ1) is 13.4. The molecular weight excluding hydrogens is 426 g/mol. The van der Waals surface area contributed by atoms with Gasteiger partial charge in [0.2, 0.25) is 5.91 Å². The molecule has 0 saturated carbocycles. The van der Waals surface area contributed by atoms with Crippen molar-refractivity contribution in [1.82, 2.24) is 10.2 Å². The smallest absolute Gasteiger partial charge is 0.269 e. The van der Waals surface area contributed by atoms with Gasteiger partial charge in [0.25, 0.3) is 11.6 Å². The molecule has 2 aromatic carbocycles. The number of carbonyl (C=O) groups excluding carboxylic acids is 2. The number of non-ortho nitro benzene ring substituents is 1. The van der Waals surface area contributed by atoms with Gasteiger partial charge in [0.15, 0.2) is 0 Å². The van der Waals surface area contributed by atoms with Crippen molar-refractivity contribution >= 4 is 33.4 Å².